The van der Waals surface area contributed by atoms with Crippen LogP contribution in [-0.4, -0.2) is 47.5 Å². The first-order chi connectivity index (χ1) is 12.6. The first-order valence-corrected chi connectivity index (χ1v) is 8.79. The molecule has 1 saturated heterocycles. The number of pyridine rings is 2. The van der Waals surface area contributed by atoms with Gasteiger partial charge in [0.05, 0.1) is 6.54 Å². The minimum Gasteiger partial charge on any atom is -0.356 e. The number of hydrogen-bond acceptors (Lipinski definition) is 5. The molecule has 1 aliphatic rings. The van der Waals surface area contributed by atoms with Gasteiger partial charge in [0, 0.05) is 31.0 Å². The van der Waals surface area contributed by atoms with Crippen LogP contribution in [0.3, 0.4) is 0 Å². The fraction of sp³-hybridized carbons (Fsp3) is 0.368. The third-order valence-electron chi connectivity index (χ3n) is 4.36. The van der Waals surface area contributed by atoms with Gasteiger partial charge in [0.25, 0.3) is 5.91 Å². The molecule has 3 heterocycles. The molecule has 136 valence electrons. The van der Waals surface area contributed by atoms with Crippen molar-refractivity contribution < 1.29 is 9.59 Å². The topological polar surface area (TPSA) is 87.2 Å². The predicted molar refractivity (Wildman–Crippen MR) is 98.9 cm³/mol. The molecule has 0 bridgehead atoms. The van der Waals surface area contributed by atoms with Crippen molar-refractivity contribution in [3.8, 4) is 0 Å². The molecule has 0 spiro atoms. The van der Waals surface area contributed by atoms with Crippen LogP contribution in [0.5, 0.6) is 0 Å². The first kappa shape index (κ1) is 17.8. The van der Waals surface area contributed by atoms with Gasteiger partial charge in [-0.2, -0.15) is 0 Å². The Labute approximate surface area is 152 Å². The van der Waals surface area contributed by atoms with Gasteiger partial charge in [0.2, 0.25) is 5.91 Å². The molecule has 7 heteroatoms. The Morgan fingerprint density at radius 2 is 1.96 bits per heavy atom. The molecule has 0 radical (unpaired) electrons. The Balaban J connectivity index is 1.41. The highest BCUT2D eigenvalue weighted by Crippen LogP contribution is 2.18. The van der Waals surface area contributed by atoms with Gasteiger partial charge in [-0.15, -0.1) is 0 Å². The summed E-state index contributed by atoms with van der Waals surface area (Å²) in [5.74, 6) is 0.458. The molecule has 2 aromatic heterocycles. The molecule has 3 rings (SSSR count). The van der Waals surface area contributed by atoms with Gasteiger partial charge in [0.1, 0.15) is 11.5 Å². The lowest BCUT2D eigenvalue weighted by Crippen LogP contribution is -2.47. The second-order valence-electron chi connectivity index (χ2n) is 6.36. The van der Waals surface area contributed by atoms with Crippen LogP contribution in [0.2, 0.25) is 0 Å². The average Bonchev–Trinajstić information content (AvgIpc) is 2.67. The van der Waals surface area contributed by atoms with Crippen LogP contribution in [0.25, 0.3) is 0 Å². The maximum Gasteiger partial charge on any atom is 0.270 e. The molecule has 2 amide bonds. The number of carbonyl (C=O) groups excluding carboxylic acids is 2. The van der Waals surface area contributed by atoms with E-state index in [1.54, 1.807) is 24.4 Å². The van der Waals surface area contributed by atoms with Gasteiger partial charge in [-0.3, -0.25) is 14.6 Å². The van der Waals surface area contributed by atoms with E-state index in [1.807, 2.05) is 25.1 Å². The predicted octanol–water partition coefficient (Wildman–Crippen LogP) is 1.30. The van der Waals surface area contributed by atoms with Crippen molar-refractivity contribution in [2.45, 2.75) is 25.8 Å². The van der Waals surface area contributed by atoms with E-state index in [9.17, 15) is 9.59 Å². The van der Waals surface area contributed by atoms with E-state index in [0.717, 1.165) is 37.4 Å². The Bertz CT molecular complexity index is 758. The summed E-state index contributed by atoms with van der Waals surface area (Å²) in [6.45, 7) is 3.63. The van der Waals surface area contributed by atoms with Crippen LogP contribution in [-0.2, 0) is 4.79 Å². The van der Waals surface area contributed by atoms with Crippen molar-refractivity contribution in [1.82, 2.24) is 20.6 Å². The maximum atomic E-state index is 12.1. The minimum atomic E-state index is -0.346. The van der Waals surface area contributed by atoms with Gasteiger partial charge in [-0.25, -0.2) is 4.98 Å². The maximum absolute atomic E-state index is 12.1. The number of amides is 2. The number of nitrogens with zero attached hydrogens (tertiary/aromatic N) is 3. The van der Waals surface area contributed by atoms with Crippen LogP contribution in [0.15, 0.2) is 42.6 Å². The normalized spacial score (nSPS) is 14.7. The van der Waals surface area contributed by atoms with Crippen molar-refractivity contribution in [2.24, 2.45) is 0 Å². The summed E-state index contributed by atoms with van der Waals surface area (Å²) < 4.78 is 0. The second kappa shape index (κ2) is 8.42. The second-order valence-corrected chi connectivity index (χ2v) is 6.36. The van der Waals surface area contributed by atoms with Crippen molar-refractivity contribution in [3.63, 3.8) is 0 Å². The lowest BCUT2D eigenvalue weighted by molar-refractivity contribution is -0.120. The standard InChI is InChI=1S/C19H23N5O2/c1-14-5-4-7-17(22-14)24-11-8-15(9-12-24)23-18(25)13-21-19(26)16-6-2-3-10-20-16/h2-7,10,15H,8-9,11-13H2,1H3,(H,21,26)(H,23,25). The Kier molecular flexibility index (Phi) is 5.78. The number of nitrogens with one attached hydrogen (secondary N) is 2. The number of rotatable bonds is 5. The van der Waals surface area contributed by atoms with E-state index in [1.165, 1.54) is 0 Å². The van der Waals surface area contributed by atoms with Gasteiger partial charge in [-0.1, -0.05) is 12.1 Å². The third kappa shape index (κ3) is 4.78. The first-order valence-electron chi connectivity index (χ1n) is 8.79. The summed E-state index contributed by atoms with van der Waals surface area (Å²) in [6, 6.07) is 11.2. The molecule has 1 fully saturated rings. The quantitative estimate of drug-likeness (QED) is 0.846. The highest BCUT2D eigenvalue weighted by Gasteiger charge is 2.21. The van der Waals surface area contributed by atoms with Crippen molar-refractivity contribution >= 4 is 17.6 Å². The fourth-order valence-corrected chi connectivity index (χ4v) is 2.98. The van der Waals surface area contributed by atoms with E-state index < -0.39 is 0 Å². The number of aryl methyl sites for hydroxylation is 1. The highest BCUT2D eigenvalue weighted by molar-refractivity contribution is 5.94. The summed E-state index contributed by atoms with van der Waals surface area (Å²) in [4.78, 5) is 34.7. The number of aromatic nitrogens is 2. The van der Waals surface area contributed by atoms with Gasteiger partial charge < -0.3 is 15.5 Å². The van der Waals surface area contributed by atoms with Gasteiger partial charge in [0.15, 0.2) is 0 Å². The molecule has 7 nitrogen and oxygen atoms in total. The molecule has 0 atom stereocenters. The number of hydrogen-bond donors (Lipinski definition) is 2. The molecule has 2 aromatic rings. The zero-order valence-corrected chi connectivity index (χ0v) is 14.8. The van der Waals surface area contributed by atoms with Crippen molar-refractivity contribution in [2.75, 3.05) is 24.5 Å². The van der Waals surface area contributed by atoms with Crippen LogP contribution < -0.4 is 15.5 Å². The minimum absolute atomic E-state index is 0.0466. The monoisotopic (exact) mass is 353 g/mol. The molecule has 0 aromatic carbocycles. The van der Waals surface area contributed by atoms with Crippen molar-refractivity contribution in [3.05, 3.63) is 54.0 Å². The van der Waals surface area contributed by atoms with E-state index in [-0.39, 0.29) is 24.4 Å². The summed E-state index contributed by atoms with van der Waals surface area (Å²) in [6.07, 6.45) is 3.26. The van der Waals surface area contributed by atoms with Gasteiger partial charge in [-0.05, 0) is 44.0 Å². The smallest absolute Gasteiger partial charge is 0.270 e. The van der Waals surface area contributed by atoms with E-state index in [0.29, 0.717) is 5.69 Å². The van der Waals surface area contributed by atoms with Crippen LogP contribution in [0.4, 0.5) is 5.82 Å². The Hall–Kier alpha value is -2.96. The van der Waals surface area contributed by atoms with Gasteiger partial charge >= 0.3 is 0 Å². The van der Waals surface area contributed by atoms with Crippen LogP contribution >= 0.6 is 0 Å². The number of carbonyl (C=O) groups is 2. The fourth-order valence-electron chi connectivity index (χ4n) is 2.98. The van der Waals surface area contributed by atoms with E-state index >= 15 is 0 Å². The zero-order chi connectivity index (χ0) is 18.4. The lowest BCUT2D eigenvalue weighted by Gasteiger charge is -2.33. The van der Waals surface area contributed by atoms with E-state index in [2.05, 4.69) is 25.5 Å². The molecule has 2 N–H and O–H groups in total. The molecule has 0 saturated carbocycles. The largest absolute Gasteiger partial charge is 0.356 e. The van der Waals surface area contributed by atoms with Crippen molar-refractivity contribution in [1.29, 1.82) is 0 Å². The third-order valence-corrected chi connectivity index (χ3v) is 4.36. The lowest BCUT2D eigenvalue weighted by atomic mass is 10.0. The number of anilines is 1. The summed E-state index contributed by atoms with van der Waals surface area (Å²) in [5.41, 5.74) is 1.31. The number of piperidine rings is 1. The Morgan fingerprint density at radius 3 is 2.65 bits per heavy atom. The van der Waals surface area contributed by atoms with Crippen LogP contribution in [0.1, 0.15) is 29.0 Å². The highest BCUT2D eigenvalue weighted by atomic mass is 16.2. The zero-order valence-electron chi connectivity index (χ0n) is 14.8. The average molecular weight is 353 g/mol. The summed E-state index contributed by atoms with van der Waals surface area (Å²) in [5, 5.41) is 5.58. The molecule has 26 heavy (non-hydrogen) atoms. The van der Waals surface area contributed by atoms with Crippen LogP contribution in [0, 0.1) is 6.92 Å². The molecular formula is C19H23N5O2. The molecular weight excluding hydrogens is 330 g/mol. The van der Waals surface area contributed by atoms with E-state index in [4.69, 9.17) is 0 Å². The SMILES string of the molecule is Cc1cccc(N2CCC(NC(=O)CNC(=O)c3ccccn3)CC2)n1. The Morgan fingerprint density at radius 1 is 1.15 bits per heavy atom. The summed E-state index contributed by atoms with van der Waals surface area (Å²) >= 11 is 0. The molecule has 0 unspecified atom stereocenters. The summed E-state index contributed by atoms with van der Waals surface area (Å²) in [7, 11) is 0. The molecule has 0 aliphatic carbocycles. The molecule has 1 aliphatic heterocycles.